The summed E-state index contributed by atoms with van der Waals surface area (Å²) in [5.41, 5.74) is 8.53. The fraction of sp³-hybridized carbons (Fsp3) is 0.375. The van der Waals surface area contributed by atoms with Crippen LogP contribution in [-0.4, -0.2) is 23.2 Å². The van der Waals surface area contributed by atoms with E-state index in [-0.39, 0.29) is 24.2 Å². The highest BCUT2D eigenvalue weighted by Gasteiger charge is 2.26. The van der Waals surface area contributed by atoms with Crippen molar-refractivity contribution in [1.82, 2.24) is 10.9 Å². The molecule has 22 heavy (non-hydrogen) atoms. The summed E-state index contributed by atoms with van der Waals surface area (Å²) in [6.07, 6.45) is 0.668. The lowest BCUT2D eigenvalue weighted by molar-refractivity contribution is -0.123. The topological polar surface area (TPSA) is 82.9 Å². The minimum atomic E-state index is -0.312. The zero-order valence-corrected chi connectivity index (χ0v) is 13.0. The summed E-state index contributed by atoms with van der Waals surface area (Å²) in [4.78, 5) is 23.3. The Bertz CT molecular complexity index is 632. The molecule has 6 nitrogen and oxygen atoms in total. The van der Waals surface area contributed by atoms with Crippen LogP contribution in [-0.2, 0) is 9.59 Å². The van der Waals surface area contributed by atoms with Crippen molar-refractivity contribution in [2.45, 2.75) is 33.6 Å². The number of rotatable bonds is 5. The van der Waals surface area contributed by atoms with Gasteiger partial charge in [-0.15, -0.1) is 0 Å². The molecule has 2 N–H and O–H groups in total. The number of carbonyl (C=O) groups excluding carboxylic acids is 2. The van der Waals surface area contributed by atoms with Gasteiger partial charge in [0.05, 0.1) is 11.6 Å². The highest BCUT2D eigenvalue weighted by Crippen LogP contribution is 2.13. The monoisotopic (exact) mass is 300 g/mol. The molecule has 6 heteroatoms. The molecule has 0 saturated carbocycles. The summed E-state index contributed by atoms with van der Waals surface area (Å²) < 4.78 is 0. The van der Waals surface area contributed by atoms with E-state index < -0.39 is 0 Å². The molecule has 1 heterocycles. The zero-order chi connectivity index (χ0) is 16.1. The second-order valence-electron chi connectivity index (χ2n) is 5.42. The molecule has 0 bridgehead atoms. The second-order valence-corrected chi connectivity index (χ2v) is 5.42. The van der Waals surface area contributed by atoms with Gasteiger partial charge in [0.2, 0.25) is 11.8 Å². The van der Waals surface area contributed by atoms with Gasteiger partial charge in [-0.05, 0) is 32.8 Å². The average Bonchev–Trinajstić information content (AvgIpc) is 2.82. The summed E-state index contributed by atoms with van der Waals surface area (Å²) in [5, 5.41) is 7.95. The normalized spacial score (nSPS) is 18.0. The van der Waals surface area contributed by atoms with E-state index in [1.54, 1.807) is 6.92 Å². The van der Waals surface area contributed by atoms with E-state index in [0.717, 1.165) is 17.0 Å². The van der Waals surface area contributed by atoms with E-state index in [1.807, 2.05) is 38.1 Å². The van der Waals surface area contributed by atoms with E-state index in [4.69, 9.17) is 0 Å². The van der Waals surface area contributed by atoms with Crippen molar-refractivity contribution < 1.29 is 9.59 Å². The van der Waals surface area contributed by atoms with Gasteiger partial charge in [0.15, 0.2) is 0 Å². The van der Waals surface area contributed by atoms with Gasteiger partial charge in [-0.25, -0.2) is 10.9 Å². The quantitative estimate of drug-likeness (QED) is 0.641. The van der Waals surface area contributed by atoms with Gasteiger partial charge < -0.3 is 0 Å². The summed E-state index contributed by atoms with van der Waals surface area (Å²) in [6.45, 7) is 5.63. The van der Waals surface area contributed by atoms with Crippen molar-refractivity contribution in [2.24, 2.45) is 16.1 Å². The van der Waals surface area contributed by atoms with Crippen molar-refractivity contribution in [3.63, 3.8) is 0 Å². The van der Waals surface area contributed by atoms with Crippen LogP contribution in [0, 0.1) is 12.8 Å². The van der Waals surface area contributed by atoms with Gasteiger partial charge in [-0.2, -0.15) is 10.2 Å². The summed E-state index contributed by atoms with van der Waals surface area (Å²) >= 11 is 0. The first-order valence-electron chi connectivity index (χ1n) is 7.21. The van der Waals surface area contributed by atoms with Crippen LogP contribution in [0.4, 0.5) is 0 Å². The maximum Gasteiger partial charge on any atom is 0.248 e. The third-order valence-corrected chi connectivity index (χ3v) is 3.64. The van der Waals surface area contributed by atoms with Crippen molar-refractivity contribution >= 4 is 23.2 Å². The third-order valence-electron chi connectivity index (χ3n) is 3.64. The van der Waals surface area contributed by atoms with Gasteiger partial charge >= 0.3 is 0 Å². The van der Waals surface area contributed by atoms with Crippen LogP contribution in [0.5, 0.6) is 0 Å². The van der Waals surface area contributed by atoms with Crippen LogP contribution < -0.4 is 10.9 Å². The number of carbonyl (C=O) groups is 2. The Morgan fingerprint density at radius 3 is 2.59 bits per heavy atom. The first-order valence-corrected chi connectivity index (χ1v) is 7.21. The molecule has 0 aliphatic carbocycles. The second kappa shape index (κ2) is 6.98. The third kappa shape index (κ3) is 4.00. The molecule has 0 radical (unpaired) electrons. The van der Waals surface area contributed by atoms with Crippen molar-refractivity contribution in [3.05, 3.63) is 35.4 Å². The Labute approximate surface area is 129 Å². The molecule has 1 aliphatic rings. The van der Waals surface area contributed by atoms with E-state index in [9.17, 15) is 9.59 Å². The van der Waals surface area contributed by atoms with E-state index >= 15 is 0 Å². The number of amides is 2. The molecule has 1 atom stereocenters. The number of hydrogen-bond donors (Lipinski definition) is 2. The standard InChI is InChI=1S/C16H20N4O2/c1-10-4-6-13(7-5-10)11(2)17-19-15(21)9-8-14-12(3)18-20-16(14)22/h4-7,14H,8-9H2,1-3H3,(H,19,21)(H,20,22)/b17-11+. The molecule has 1 aromatic rings. The number of hydrazone groups is 2. The fourth-order valence-electron chi connectivity index (χ4n) is 2.17. The summed E-state index contributed by atoms with van der Waals surface area (Å²) in [6, 6.07) is 7.92. The molecule has 1 aliphatic heterocycles. The van der Waals surface area contributed by atoms with Crippen LogP contribution in [0.2, 0.25) is 0 Å². The first kappa shape index (κ1) is 15.9. The highest BCUT2D eigenvalue weighted by molar-refractivity contribution is 6.07. The van der Waals surface area contributed by atoms with Crippen LogP contribution >= 0.6 is 0 Å². The smallest absolute Gasteiger partial charge is 0.248 e. The lowest BCUT2D eigenvalue weighted by Gasteiger charge is -2.07. The Hall–Kier alpha value is -2.50. The van der Waals surface area contributed by atoms with Gasteiger partial charge in [0, 0.05) is 12.1 Å². The molecule has 0 saturated heterocycles. The van der Waals surface area contributed by atoms with E-state index in [2.05, 4.69) is 21.1 Å². The number of nitrogens with one attached hydrogen (secondary N) is 2. The Morgan fingerprint density at radius 1 is 1.32 bits per heavy atom. The lowest BCUT2D eigenvalue weighted by atomic mass is 9.99. The minimum Gasteiger partial charge on any atom is -0.273 e. The summed E-state index contributed by atoms with van der Waals surface area (Å²) in [7, 11) is 0. The van der Waals surface area contributed by atoms with Gasteiger partial charge in [-0.1, -0.05) is 29.8 Å². The Kier molecular flexibility index (Phi) is 5.04. The van der Waals surface area contributed by atoms with Crippen LogP contribution in [0.15, 0.2) is 34.5 Å². The summed E-state index contributed by atoms with van der Waals surface area (Å²) in [5.74, 6) is -0.670. The SMILES string of the molecule is CC1=NNC(=O)C1CCC(=O)N/N=C(\C)c1ccc(C)cc1. The number of nitrogens with zero attached hydrogens (tertiary/aromatic N) is 2. The molecule has 116 valence electrons. The van der Waals surface area contributed by atoms with Gasteiger partial charge in [-0.3, -0.25) is 9.59 Å². The first-order chi connectivity index (χ1) is 10.5. The van der Waals surface area contributed by atoms with Crippen molar-refractivity contribution in [1.29, 1.82) is 0 Å². The molecule has 1 aromatic carbocycles. The molecular weight excluding hydrogens is 280 g/mol. The number of benzene rings is 1. The number of aryl methyl sites for hydroxylation is 1. The maximum absolute atomic E-state index is 11.8. The van der Waals surface area contributed by atoms with Crippen LogP contribution in [0.1, 0.15) is 37.8 Å². The molecule has 2 rings (SSSR count). The predicted molar refractivity (Wildman–Crippen MR) is 85.5 cm³/mol. The largest absolute Gasteiger partial charge is 0.273 e. The van der Waals surface area contributed by atoms with E-state index in [0.29, 0.717) is 6.42 Å². The fourth-order valence-corrected chi connectivity index (χ4v) is 2.17. The number of hydrogen-bond acceptors (Lipinski definition) is 4. The maximum atomic E-state index is 11.8. The van der Waals surface area contributed by atoms with Gasteiger partial charge in [0.1, 0.15) is 0 Å². The predicted octanol–water partition coefficient (Wildman–Crippen LogP) is 1.74. The van der Waals surface area contributed by atoms with Crippen LogP contribution in [0.25, 0.3) is 0 Å². The average molecular weight is 300 g/mol. The van der Waals surface area contributed by atoms with Crippen LogP contribution in [0.3, 0.4) is 0 Å². The van der Waals surface area contributed by atoms with Gasteiger partial charge in [0.25, 0.3) is 0 Å². The van der Waals surface area contributed by atoms with E-state index in [1.165, 1.54) is 5.56 Å². The Morgan fingerprint density at radius 2 is 2.00 bits per heavy atom. The zero-order valence-electron chi connectivity index (χ0n) is 13.0. The molecule has 0 aromatic heterocycles. The molecular formula is C16H20N4O2. The molecule has 0 spiro atoms. The Balaban J connectivity index is 1.84. The lowest BCUT2D eigenvalue weighted by Crippen LogP contribution is -2.25. The minimum absolute atomic E-state index is 0.148. The highest BCUT2D eigenvalue weighted by atomic mass is 16.2. The molecule has 2 amide bonds. The molecule has 0 fully saturated rings. The van der Waals surface area contributed by atoms with Crippen molar-refractivity contribution in [2.75, 3.05) is 0 Å². The molecule has 1 unspecified atom stereocenters. The van der Waals surface area contributed by atoms with Crippen molar-refractivity contribution in [3.8, 4) is 0 Å².